The van der Waals surface area contributed by atoms with Crippen LogP contribution in [0.5, 0.6) is 0 Å². The maximum atomic E-state index is 11.8. The van der Waals surface area contributed by atoms with E-state index in [9.17, 15) is 4.79 Å². The van der Waals surface area contributed by atoms with Gasteiger partial charge < -0.3 is 5.32 Å². The fraction of sp³-hybridized carbons (Fsp3) is 0.462. The minimum Gasteiger partial charge on any atom is -0.352 e. The van der Waals surface area contributed by atoms with Crippen molar-refractivity contribution < 1.29 is 4.79 Å². The molecular formula is C13H15BrClNO. The Labute approximate surface area is 115 Å². The van der Waals surface area contributed by atoms with E-state index in [1.54, 1.807) is 18.2 Å². The lowest BCUT2D eigenvalue weighted by Gasteiger charge is -2.25. The summed E-state index contributed by atoms with van der Waals surface area (Å²) < 4.78 is 0.755. The van der Waals surface area contributed by atoms with Gasteiger partial charge in [-0.1, -0.05) is 30.9 Å². The SMILES string of the molecule is O=C(NCCC1CCC1)c1ccc(Cl)c(Br)c1. The van der Waals surface area contributed by atoms with Gasteiger partial charge in [0.2, 0.25) is 0 Å². The van der Waals surface area contributed by atoms with Gasteiger partial charge in [-0.05, 0) is 46.5 Å². The van der Waals surface area contributed by atoms with E-state index in [2.05, 4.69) is 21.2 Å². The summed E-state index contributed by atoms with van der Waals surface area (Å²) in [5.74, 6) is 0.800. The second-order valence-corrected chi connectivity index (χ2v) is 5.73. The van der Waals surface area contributed by atoms with Crippen molar-refractivity contribution in [1.82, 2.24) is 5.32 Å². The van der Waals surface area contributed by atoms with Crippen LogP contribution in [0.1, 0.15) is 36.0 Å². The van der Waals surface area contributed by atoms with Gasteiger partial charge in [0.1, 0.15) is 0 Å². The first-order valence-corrected chi connectivity index (χ1v) is 7.07. The van der Waals surface area contributed by atoms with Crippen molar-refractivity contribution in [3.8, 4) is 0 Å². The molecule has 0 aliphatic heterocycles. The number of carbonyl (C=O) groups is 1. The van der Waals surface area contributed by atoms with Crippen LogP contribution in [-0.4, -0.2) is 12.5 Å². The number of carbonyl (C=O) groups excluding carboxylic acids is 1. The number of halogens is 2. The fourth-order valence-corrected chi connectivity index (χ4v) is 2.41. The average Bonchev–Trinajstić information content (AvgIpc) is 2.25. The van der Waals surface area contributed by atoms with Gasteiger partial charge in [-0.2, -0.15) is 0 Å². The first kappa shape index (κ1) is 12.9. The Hall–Kier alpha value is -0.540. The molecular weight excluding hydrogens is 302 g/mol. The highest BCUT2D eigenvalue weighted by atomic mass is 79.9. The molecule has 92 valence electrons. The van der Waals surface area contributed by atoms with Gasteiger partial charge in [0, 0.05) is 16.6 Å². The summed E-state index contributed by atoms with van der Waals surface area (Å²) >= 11 is 9.19. The predicted molar refractivity (Wildman–Crippen MR) is 73.4 cm³/mol. The number of benzene rings is 1. The highest BCUT2D eigenvalue weighted by Gasteiger charge is 2.17. The van der Waals surface area contributed by atoms with Crippen molar-refractivity contribution >= 4 is 33.4 Å². The van der Waals surface area contributed by atoms with Crippen molar-refractivity contribution in [3.05, 3.63) is 33.3 Å². The zero-order valence-electron chi connectivity index (χ0n) is 9.51. The number of amides is 1. The zero-order chi connectivity index (χ0) is 12.3. The molecule has 17 heavy (non-hydrogen) atoms. The molecule has 1 fully saturated rings. The summed E-state index contributed by atoms with van der Waals surface area (Å²) in [6, 6.07) is 5.22. The van der Waals surface area contributed by atoms with Crippen molar-refractivity contribution in [3.63, 3.8) is 0 Å². The molecule has 0 saturated heterocycles. The molecule has 0 heterocycles. The minimum atomic E-state index is -0.0262. The highest BCUT2D eigenvalue weighted by Crippen LogP contribution is 2.28. The van der Waals surface area contributed by atoms with Crippen LogP contribution in [0.2, 0.25) is 5.02 Å². The summed E-state index contributed by atoms with van der Waals surface area (Å²) in [6.07, 6.45) is 5.09. The molecule has 2 nitrogen and oxygen atoms in total. The van der Waals surface area contributed by atoms with E-state index in [0.717, 1.165) is 23.4 Å². The lowest BCUT2D eigenvalue weighted by atomic mass is 9.83. The Balaban J connectivity index is 1.83. The summed E-state index contributed by atoms with van der Waals surface area (Å²) in [4.78, 5) is 11.8. The van der Waals surface area contributed by atoms with E-state index in [4.69, 9.17) is 11.6 Å². The quantitative estimate of drug-likeness (QED) is 0.893. The zero-order valence-corrected chi connectivity index (χ0v) is 11.9. The van der Waals surface area contributed by atoms with Gasteiger partial charge in [0.05, 0.1) is 5.02 Å². The van der Waals surface area contributed by atoms with E-state index in [0.29, 0.717) is 10.6 Å². The molecule has 1 saturated carbocycles. The molecule has 4 heteroatoms. The molecule has 0 aromatic heterocycles. The van der Waals surface area contributed by atoms with E-state index in [1.807, 2.05) is 0 Å². The molecule has 1 aromatic rings. The highest BCUT2D eigenvalue weighted by molar-refractivity contribution is 9.10. The van der Waals surface area contributed by atoms with Crippen LogP contribution in [0.3, 0.4) is 0 Å². The standard InChI is InChI=1S/C13H15BrClNO/c14-11-8-10(4-5-12(11)15)13(17)16-7-6-9-2-1-3-9/h4-5,8-9H,1-3,6-7H2,(H,16,17). The number of hydrogen-bond donors (Lipinski definition) is 1. The average molecular weight is 317 g/mol. The molecule has 1 N–H and O–H groups in total. The Morgan fingerprint density at radius 3 is 2.82 bits per heavy atom. The lowest BCUT2D eigenvalue weighted by molar-refractivity contribution is 0.0949. The monoisotopic (exact) mass is 315 g/mol. The summed E-state index contributed by atoms with van der Waals surface area (Å²) in [5, 5.41) is 3.56. The van der Waals surface area contributed by atoms with Gasteiger partial charge in [-0.15, -0.1) is 0 Å². The first-order chi connectivity index (χ1) is 8.16. The van der Waals surface area contributed by atoms with Gasteiger partial charge in [-0.25, -0.2) is 0 Å². The van der Waals surface area contributed by atoms with Crippen LogP contribution in [-0.2, 0) is 0 Å². The van der Waals surface area contributed by atoms with Crippen LogP contribution in [0.4, 0.5) is 0 Å². The van der Waals surface area contributed by atoms with Crippen LogP contribution < -0.4 is 5.32 Å². The Bertz CT molecular complexity index is 418. The first-order valence-electron chi connectivity index (χ1n) is 5.90. The Morgan fingerprint density at radius 1 is 1.47 bits per heavy atom. The fourth-order valence-electron chi connectivity index (χ4n) is 1.91. The van der Waals surface area contributed by atoms with E-state index < -0.39 is 0 Å². The predicted octanol–water partition coefficient (Wildman–Crippen LogP) is 4.02. The molecule has 1 aliphatic rings. The van der Waals surface area contributed by atoms with Gasteiger partial charge >= 0.3 is 0 Å². The second-order valence-electron chi connectivity index (χ2n) is 4.47. The topological polar surface area (TPSA) is 29.1 Å². The van der Waals surface area contributed by atoms with Gasteiger partial charge in [-0.3, -0.25) is 4.79 Å². The molecule has 1 aliphatic carbocycles. The minimum absolute atomic E-state index is 0.0262. The maximum Gasteiger partial charge on any atom is 0.251 e. The third kappa shape index (κ3) is 3.46. The number of nitrogens with one attached hydrogen (secondary N) is 1. The van der Waals surface area contributed by atoms with Crippen molar-refractivity contribution in [2.75, 3.05) is 6.54 Å². The van der Waals surface area contributed by atoms with Crippen molar-refractivity contribution in [1.29, 1.82) is 0 Å². The number of hydrogen-bond acceptors (Lipinski definition) is 1. The largest absolute Gasteiger partial charge is 0.352 e. The van der Waals surface area contributed by atoms with Crippen molar-refractivity contribution in [2.45, 2.75) is 25.7 Å². The third-order valence-electron chi connectivity index (χ3n) is 3.24. The van der Waals surface area contributed by atoms with Crippen molar-refractivity contribution in [2.24, 2.45) is 5.92 Å². The van der Waals surface area contributed by atoms with Crippen LogP contribution in [0.25, 0.3) is 0 Å². The summed E-state index contributed by atoms with van der Waals surface area (Å²) in [5.41, 5.74) is 0.648. The molecule has 0 radical (unpaired) electrons. The smallest absolute Gasteiger partial charge is 0.251 e. The Morgan fingerprint density at radius 2 is 2.24 bits per heavy atom. The normalized spacial score (nSPS) is 15.4. The maximum absolute atomic E-state index is 11.8. The summed E-state index contributed by atoms with van der Waals surface area (Å²) in [7, 11) is 0. The molecule has 0 bridgehead atoms. The second kappa shape index (κ2) is 5.87. The van der Waals surface area contributed by atoms with Crippen LogP contribution in [0.15, 0.2) is 22.7 Å². The van der Waals surface area contributed by atoms with E-state index >= 15 is 0 Å². The Kier molecular flexibility index (Phi) is 4.46. The molecule has 0 spiro atoms. The van der Waals surface area contributed by atoms with Gasteiger partial charge in [0.25, 0.3) is 5.91 Å². The molecule has 2 rings (SSSR count). The van der Waals surface area contributed by atoms with Crippen LogP contribution in [0, 0.1) is 5.92 Å². The van der Waals surface area contributed by atoms with Gasteiger partial charge in [0.15, 0.2) is 0 Å². The summed E-state index contributed by atoms with van der Waals surface area (Å²) in [6.45, 7) is 0.768. The number of rotatable bonds is 4. The molecule has 1 amide bonds. The molecule has 0 atom stereocenters. The third-order valence-corrected chi connectivity index (χ3v) is 4.46. The van der Waals surface area contributed by atoms with Crippen LogP contribution >= 0.6 is 27.5 Å². The van der Waals surface area contributed by atoms with E-state index in [1.165, 1.54) is 19.3 Å². The molecule has 1 aromatic carbocycles. The molecule has 0 unspecified atom stereocenters. The lowest BCUT2D eigenvalue weighted by Crippen LogP contribution is -2.27. The van der Waals surface area contributed by atoms with E-state index in [-0.39, 0.29) is 5.91 Å².